The van der Waals surface area contributed by atoms with Crippen LogP contribution in [0.1, 0.15) is 45.1 Å². The number of halogens is 1. The number of nitrogens with zero attached hydrogens (tertiary/aromatic N) is 1. The first-order valence-electron chi connectivity index (χ1n) is 14.9. The summed E-state index contributed by atoms with van der Waals surface area (Å²) in [5.41, 5.74) is 0.334. The van der Waals surface area contributed by atoms with Crippen LogP contribution in [0.15, 0.2) is 54.6 Å². The maximum Gasteiger partial charge on any atom is 0.245 e. The fraction of sp³-hybridized carbons (Fsp3) is 0.531. The first-order chi connectivity index (χ1) is 20.3. The van der Waals surface area contributed by atoms with Gasteiger partial charge in [-0.3, -0.25) is 14.4 Å². The number of likely N-dealkylation sites (tertiary alicyclic amines) is 1. The van der Waals surface area contributed by atoms with Crippen LogP contribution in [0.2, 0.25) is 0 Å². The predicted molar refractivity (Wildman–Crippen MR) is 162 cm³/mol. The number of hydrogen-bond acceptors (Lipinski definition) is 6. The van der Waals surface area contributed by atoms with Crippen molar-refractivity contribution < 1.29 is 29.0 Å². The molecule has 1 spiro atoms. The van der Waals surface area contributed by atoms with E-state index in [2.05, 4.69) is 33.5 Å². The summed E-state index contributed by atoms with van der Waals surface area (Å²) in [4.78, 5) is 43.5. The molecule has 2 aromatic carbocycles. The molecule has 9 nitrogen and oxygen atoms in total. The minimum Gasteiger partial charge on any atom is -0.494 e. The Balaban J connectivity index is 1.46. The number of ether oxygens (including phenoxy) is 2. The Hall–Kier alpha value is -2.95. The van der Waals surface area contributed by atoms with E-state index >= 15 is 0 Å². The molecule has 3 amide bonds. The molecule has 3 N–H and O–H groups in total. The molecule has 0 aromatic heterocycles. The van der Waals surface area contributed by atoms with E-state index < -0.39 is 35.6 Å². The van der Waals surface area contributed by atoms with Crippen molar-refractivity contribution in [3.8, 4) is 5.75 Å². The third kappa shape index (κ3) is 5.68. The molecule has 0 saturated carbocycles. The van der Waals surface area contributed by atoms with Crippen LogP contribution in [-0.4, -0.2) is 76.1 Å². The third-order valence-electron chi connectivity index (χ3n) is 8.71. The summed E-state index contributed by atoms with van der Waals surface area (Å²) in [5, 5.41) is 16.6. The summed E-state index contributed by atoms with van der Waals surface area (Å²) >= 11 is 3.71. The molecule has 3 unspecified atom stereocenters. The zero-order valence-electron chi connectivity index (χ0n) is 24.1. The molecule has 3 aliphatic heterocycles. The molecular weight excluding hydrogens is 602 g/mol. The minimum atomic E-state index is -1.18. The topological polar surface area (TPSA) is 117 Å². The van der Waals surface area contributed by atoms with Crippen molar-refractivity contribution in [2.45, 2.75) is 74.6 Å². The van der Waals surface area contributed by atoms with Crippen molar-refractivity contribution in [2.75, 3.05) is 25.1 Å². The number of carbonyl (C=O) groups is 3. The zero-order chi connectivity index (χ0) is 29.9. The second-order valence-electron chi connectivity index (χ2n) is 11.4. The lowest BCUT2D eigenvalue weighted by Crippen LogP contribution is -2.58. The number of hydrogen-bond donors (Lipinski definition) is 3. The second-order valence-corrected chi connectivity index (χ2v) is 12.6. The highest BCUT2D eigenvalue weighted by atomic mass is 79.9. The second kappa shape index (κ2) is 13.1. The molecule has 3 aliphatic rings. The van der Waals surface area contributed by atoms with Gasteiger partial charge in [-0.25, -0.2) is 0 Å². The van der Waals surface area contributed by atoms with Crippen LogP contribution in [-0.2, 0) is 25.5 Å². The zero-order valence-corrected chi connectivity index (χ0v) is 25.7. The van der Waals surface area contributed by atoms with Crippen LogP contribution < -0.4 is 15.4 Å². The highest BCUT2D eigenvalue weighted by molar-refractivity contribution is 9.09. The number of benzene rings is 2. The number of carbonyl (C=O) groups excluding carboxylic acids is 3. The largest absolute Gasteiger partial charge is 0.494 e. The van der Waals surface area contributed by atoms with Gasteiger partial charge in [-0.05, 0) is 56.0 Å². The Labute approximate surface area is 255 Å². The first-order valence-corrected chi connectivity index (χ1v) is 15.9. The van der Waals surface area contributed by atoms with E-state index in [-0.39, 0.29) is 29.2 Å². The van der Waals surface area contributed by atoms with Crippen molar-refractivity contribution in [3.63, 3.8) is 0 Å². The number of nitrogens with one attached hydrogen (secondary N) is 2. The molecule has 0 radical (unpaired) electrons. The Bertz CT molecular complexity index is 1260. The van der Waals surface area contributed by atoms with E-state index in [0.29, 0.717) is 37.4 Å². The van der Waals surface area contributed by atoms with E-state index in [0.717, 1.165) is 24.8 Å². The number of anilines is 1. The van der Waals surface area contributed by atoms with Gasteiger partial charge in [0.2, 0.25) is 17.7 Å². The first kappa shape index (κ1) is 30.5. The van der Waals surface area contributed by atoms with Gasteiger partial charge in [0.25, 0.3) is 0 Å². The number of aliphatic hydroxyl groups excluding tert-OH is 1. The Morgan fingerprint density at radius 3 is 2.52 bits per heavy atom. The van der Waals surface area contributed by atoms with Crippen molar-refractivity contribution in [1.29, 1.82) is 0 Å². The molecule has 0 aliphatic carbocycles. The van der Waals surface area contributed by atoms with Crippen molar-refractivity contribution in [2.24, 2.45) is 11.8 Å². The molecule has 7 atom stereocenters. The minimum absolute atomic E-state index is 0.213. The van der Waals surface area contributed by atoms with E-state index in [4.69, 9.17) is 9.47 Å². The maximum atomic E-state index is 14.4. The van der Waals surface area contributed by atoms with Crippen molar-refractivity contribution in [3.05, 3.63) is 60.2 Å². The van der Waals surface area contributed by atoms with Crippen LogP contribution in [0.3, 0.4) is 0 Å². The van der Waals surface area contributed by atoms with E-state index in [1.807, 2.05) is 37.3 Å². The van der Waals surface area contributed by atoms with Gasteiger partial charge in [-0.15, -0.1) is 0 Å². The summed E-state index contributed by atoms with van der Waals surface area (Å²) in [6.45, 7) is 4.69. The molecule has 226 valence electrons. The average Bonchev–Trinajstić information content (AvgIpc) is 3.59. The van der Waals surface area contributed by atoms with Gasteiger partial charge in [0.1, 0.15) is 17.4 Å². The summed E-state index contributed by atoms with van der Waals surface area (Å²) in [7, 11) is 0. The van der Waals surface area contributed by atoms with Crippen LogP contribution >= 0.6 is 15.9 Å². The van der Waals surface area contributed by atoms with Crippen LogP contribution in [0.25, 0.3) is 0 Å². The SMILES string of the molecule is CCCCCNC(=O)C1N([C@@H](CO)Cc2ccccc2)C(=O)[C@@H]2[C@@H](C(=O)Nc3ccc(OCC)cc3)[C@@H]3OC12CC3Br. The number of rotatable bonds is 13. The normalized spacial score (nSPS) is 28.4. The molecule has 3 fully saturated rings. The summed E-state index contributed by atoms with van der Waals surface area (Å²) in [6, 6.07) is 15.0. The van der Waals surface area contributed by atoms with Gasteiger partial charge >= 0.3 is 0 Å². The Morgan fingerprint density at radius 1 is 1.12 bits per heavy atom. The number of fused-ring (bicyclic) bond motifs is 1. The van der Waals surface area contributed by atoms with Crippen LogP contribution in [0.5, 0.6) is 5.75 Å². The number of aliphatic hydroxyl groups is 1. The van der Waals surface area contributed by atoms with Gasteiger partial charge < -0.3 is 30.1 Å². The highest BCUT2D eigenvalue weighted by Crippen LogP contribution is 2.60. The Morgan fingerprint density at radius 2 is 1.86 bits per heavy atom. The lowest BCUT2D eigenvalue weighted by Gasteiger charge is -2.37. The molecule has 3 saturated heterocycles. The smallest absolute Gasteiger partial charge is 0.245 e. The van der Waals surface area contributed by atoms with Crippen LogP contribution in [0, 0.1) is 11.8 Å². The maximum absolute atomic E-state index is 14.4. The molecule has 3 heterocycles. The summed E-state index contributed by atoms with van der Waals surface area (Å²) in [6.07, 6.45) is 3.03. The fourth-order valence-electron chi connectivity index (χ4n) is 6.91. The fourth-order valence-corrected chi connectivity index (χ4v) is 7.85. The monoisotopic (exact) mass is 641 g/mol. The quantitative estimate of drug-likeness (QED) is 0.227. The third-order valence-corrected chi connectivity index (χ3v) is 9.55. The standard InChI is InChI=1S/C32H40BrN3O6/c1-3-5-9-16-34-30(39)28-32-18-24(33)27(42-32)25(29(38)35-21-12-14-23(15-13-21)41-4-2)26(32)31(40)36(28)22(19-37)17-20-10-7-6-8-11-20/h6-8,10-15,22,24-28,37H,3-5,9,16-19H2,1-2H3,(H,34,39)(H,35,38)/t22-,24?,25-,26+,27-,28?,32?/m1/s1. The molecule has 2 aromatic rings. The number of amides is 3. The van der Waals surface area contributed by atoms with Crippen molar-refractivity contribution in [1.82, 2.24) is 10.2 Å². The molecular formula is C32H40BrN3O6. The number of unbranched alkanes of at least 4 members (excludes halogenated alkanes) is 2. The van der Waals surface area contributed by atoms with Crippen LogP contribution in [0.4, 0.5) is 5.69 Å². The van der Waals surface area contributed by atoms with E-state index in [1.165, 1.54) is 4.90 Å². The molecule has 10 heteroatoms. The number of alkyl halides is 1. The van der Waals surface area contributed by atoms with Gasteiger partial charge in [0.15, 0.2) is 0 Å². The lowest BCUT2D eigenvalue weighted by atomic mass is 9.70. The van der Waals surface area contributed by atoms with E-state index in [1.54, 1.807) is 24.3 Å². The van der Waals surface area contributed by atoms with E-state index in [9.17, 15) is 19.5 Å². The highest BCUT2D eigenvalue weighted by Gasteiger charge is 2.77. The average molecular weight is 643 g/mol. The molecule has 42 heavy (non-hydrogen) atoms. The molecule has 5 rings (SSSR count). The Kier molecular flexibility index (Phi) is 9.54. The summed E-state index contributed by atoms with van der Waals surface area (Å²) in [5.74, 6) is -1.93. The van der Waals surface area contributed by atoms with Gasteiger partial charge in [-0.2, -0.15) is 0 Å². The van der Waals surface area contributed by atoms with Gasteiger partial charge in [-0.1, -0.05) is 66.0 Å². The van der Waals surface area contributed by atoms with Gasteiger partial charge in [0.05, 0.1) is 37.2 Å². The predicted octanol–water partition coefficient (Wildman–Crippen LogP) is 3.68. The molecule has 2 bridgehead atoms. The van der Waals surface area contributed by atoms with Crippen molar-refractivity contribution >= 4 is 39.3 Å². The summed E-state index contributed by atoms with van der Waals surface area (Å²) < 4.78 is 12.1. The van der Waals surface area contributed by atoms with Gasteiger partial charge in [0, 0.05) is 17.1 Å². The lowest BCUT2D eigenvalue weighted by molar-refractivity contribution is -0.145.